The number of aliphatic hydroxyl groups is 1. The SMILES string of the molecule is CCO[P@@](=O)(C#Cc1ccccc1)[C@@H](O)c1ccc(Br)cc1. The van der Waals surface area contributed by atoms with Gasteiger partial charge in [0.25, 0.3) is 0 Å². The molecule has 0 saturated heterocycles. The van der Waals surface area contributed by atoms with E-state index in [-0.39, 0.29) is 6.61 Å². The zero-order valence-electron chi connectivity index (χ0n) is 12.1. The molecule has 0 spiro atoms. The maximum absolute atomic E-state index is 12.9. The van der Waals surface area contributed by atoms with Crippen molar-refractivity contribution < 1.29 is 14.2 Å². The minimum atomic E-state index is -3.53. The molecule has 0 saturated carbocycles. The predicted octanol–water partition coefficient (Wildman–Crippen LogP) is 4.76. The molecule has 0 amide bonds. The van der Waals surface area contributed by atoms with Gasteiger partial charge in [0, 0.05) is 10.0 Å². The summed E-state index contributed by atoms with van der Waals surface area (Å²) in [7, 11) is -3.53. The van der Waals surface area contributed by atoms with Crippen molar-refractivity contribution in [2.24, 2.45) is 0 Å². The average molecular weight is 379 g/mol. The van der Waals surface area contributed by atoms with Crippen LogP contribution >= 0.6 is 23.3 Å². The Morgan fingerprint density at radius 2 is 1.82 bits per heavy atom. The monoisotopic (exact) mass is 378 g/mol. The Labute approximate surface area is 138 Å². The topological polar surface area (TPSA) is 46.5 Å². The number of hydrogen-bond acceptors (Lipinski definition) is 3. The van der Waals surface area contributed by atoms with Crippen LogP contribution in [0.4, 0.5) is 0 Å². The molecule has 0 radical (unpaired) electrons. The molecular formula is C17H16BrO3P. The van der Waals surface area contributed by atoms with E-state index in [4.69, 9.17) is 4.52 Å². The van der Waals surface area contributed by atoms with E-state index in [9.17, 15) is 9.67 Å². The molecule has 2 rings (SSSR count). The van der Waals surface area contributed by atoms with Crippen LogP contribution in [-0.4, -0.2) is 11.7 Å². The van der Waals surface area contributed by atoms with E-state index in [1.54, 1.807) is 31.2 Å². The van der Waals surface area contributed by atoms with Crippen molar-refractivity contribution in [1.82, 2.24) is 0 Å². The highest BCUT2D eigenvalue weighted by Crippen LogP contribution is 2.57. The second-order valence-electron chi connectivity index (χ2n) is 4.54. The van der Waals surface area contributed by atoms with E-state index in [0.29, 0.717) is 5.56 Å². The highest BCUT2D eigenvalue weighted by molar-refractivity contribution is 9.10. The van der Waals surface area contributed by atoms with Gasteiger partial charge >= 0.3 is 7.37 Å². The Kier molecular flexibility index (Phi) is 5.99. The van der Waals surface area contributed by atoms with Crippen molar-refractivity contribution in [2.45, 2.75) is 12.8 Å². The molecule has 2 aromatic carbocycles. The first-order chi connectivity index (χ1) is 10.5. The van der Waals surface area contributed by atoms with E-state index in [0.717, 1.165) is 10.0 Å². The third-order valence-electron chi connectivity index (χ3n) is 2.94. The molecular weight excluding hydrogens is 363 g/mol. The fourth-order valence-electron chi connectivity index (χ4n) is 1.85. The van der Waals surface area contributed by atoms with E-state index >= 15 is 0 Å². The Balaban J connectivity index is 2.33. The third-order valence-corrected chi connectivity index (χ3v) is 5.48. The van der Waals surface area contributed by atoms with Gasteiger partial charge in [-0.3, -0.25) is 4.57 Å². The van der Waals surface area contributed by atoms with Crippen molar-refractivity contribution in [2.75, 3.05) is 6.61 Å². The lowest BCUT2D eigenvalue weighted by Crippen LogP contribution is -2.01. The summed E-state index contributed by atoms with van der Waals surface area (Å²) < 4.78 is 19.1. The normalized spacial score (nSPS) is 14.5. The first kappa shape index (κ1) is 17.0. The summed E-state index contributed by atoms with van der Waals surface area (Å²) in [4.78, 5) is 0. The molecule has 0 heterocycles. The Bertz CT molecular complexity index is 717. The van der Waals surface area contributed by atoms with Gasteiger partial charge in [0.05, 0.1) is 6.61 Å². The van der Waals surface area contributed by atoms with E-state index in [1.165, 1.54) is 0 Å². The number of aliphatic hydroxyl groups excluding tert-OH is 1. The summed E-state index contributed by atoms with van der Waals surface area (Å²) in [6.07, 6.45) is 0. The molecule has 0 unspecified atom stereocenters. The van der Waals surface area contributed by atoms with Gasteiger partial charge in [-0.2, -0.15) is 0 Å². The molecule has 0 aromatic heterocycles. The van der Waals surface area contributed by atoms with Crippen molar-refractivity contribution in [3.05, 3.63) is 70.2 Å². The molecule has 22 heavy (non-hydrogen) atoms. The fourth-order valence-corrected chi connectivity index (χ4v) is 3.68. The predicted molar refractivity (Wildman–Crippen MR) is 91.7 cm³/mol. The minimum absolute atomic E-state index is 0.217. The van der Waals surface area contributed by atoms with E-state index in [1.807, 2.05) is 30.3 Å². The maximum Gasteiger partial charge on any atom is 0.306 e. The number of hydrogen-bond donors (Lipinski definition) is 1. The minimum Gasteiger partial charge on any atom is -0.377 e. The Hall–Kier alpha value is -1.37. The van der Waals surface area contributed by atoms with Gasteiger partial charge in [-0.25, -0.2) is 0 Å². The second-order valence-corrected chi connectivity index (χ2v) is 7.62. The van der Waals surface area contributed by atoms with Crippen LogP contribution in [0.5, 0.6) is 0 Å². The van der Waals surface area contributed by atoms with Crippen molar-refractivity contribution in [3.63, 3.8) is 0 Å². The first-order valence-corrected chi connectivity index (χ1v) is 9.30. The van der Waals surface area contributed by atoms with E-state index in [2.05, 4.69) is 27.5 Å². The van der Waals surface area contributed by atoms with Crippen LogP contribution in [0.1, 0.15) is 23.9 Å². The lowest BCUT2D eigenvalue weighted by atomic mass is 10.2. The van der Waals surface area contributed by atoms with Crippen LogP contribution in [0, 0.1) is 11.6 Å². The molecule has 114 valence electrons. The molecule has 0 aliphatic heterocycles. The Morgan fingerprint density at radius 3 is 2.41 bits per heavy atom. The lowest BCUT2D eigenvalue weighted by Gasteiger charge is -2.18. The molecule has 0 fully saturated rings. The fraction of sp³-hybridized carbons (Fsp3) is 0.176. The third kappa shape index (κ3) is 4.32. The first-order valence-electron chi connectivity index (χ1n) is 6.81. The van der Waals surface area contributed by atoms with Crippen LogP contribution in [0.25, 0.3) is 0 Å². The maximum atomic E-state index is 12.9. The summed E-state index contributed by atoms with van der Waals surface area (Å²) >= 11 is 3.33. The van der Waals surface area contributed by atoms with Gasteiger partial charge in [-0.05, 0) is 42.4 Å². The molecule has 2 atom stereocenters. The summed E-state index contributed by atoms with van der Waals surface area (Å²) in [5.41, 5.74) is 3.89. The number of halogens is 1. The van der Waals surface area contributed by atoms with Gasteiger partial charge in [0.1, 0.15) is 0 Å². The zero-order chi connectivity index (χ0) is 16.0. The summed E-state index contributed by atoms with van der Waals surface area (Å²) in [5.74, 6) is 1.56. The van der Waals surface area contributed by atoms with Crippen molar-refractivity contribution in [1.29, 1.82) is 0 Å². The second kappa shape index (κ2) is 7.76. The molecule has 0 aliphatic carbocycles. The average Bonchev–Trinajstić information content (AvgIpc) is 2.54. The van der Waals surface area contributed by atoms with Crippen LogP contribution in [0.3, 0.4) is 0 Å². The van der Waals surface area contributed by atoms with Crippen LogP contribution in [-0.2, 0) is 9.09 Å². The number of benzene rings is 2. The van der Waals surface area contributed by atoms with Crippen molar-refractivity contribution >= 4 is 23.3 Å². The quantitative estimate of drug-likeness (QED) is 0.615. The zero-order valence-corrected chi connectivity index (χ0v) is 14.5. The summed E-state index contributed by atoms with van der Waals surface area (Å²) in [5, 5.41) is 10.4. The lowest BCUT2D eigenvalue weighted by molar-refractivity contribution is 0.219. The molecule has 0 bridgehead atoms. The number of rotatable bonds is 4. The van der Waals surface area contributed by atoms with Crippen LogP contribution in [0.15, 0.2) is 59.1 Å². The van der Waals surface area contributed by atoms with Crippen LogP contribution < -0.4 is 0 Å². The molecule has 5 heteroatoms. The largest absolute Gasteiger partial charge is 0.377 e. The van der Waals surface area contributed by atoms with Gasteiger partial charge < -0.3 is 9.63 Å². The highest BCUT2D eigenvalue weighted by atomic mass is 79.9. The molecule has 3 nitrogen and oxygen atoms in total. The van der Waals surface area contributed by atoms with Gasteiger partial charge in [0.2, 0.25) is 0 Å². The summed E-state index contributed by atoms with van der Waals surface area (Å²) in [6, 6.07) is 16.2. The summed E-state index contributed by atoms with van der Waals surface area (Å²) in [6.45, 7) is 1.94. The molecule has 0 aliphatic rings. The molecule has 2 aromatic rings. The standard InChI is InChI=1S/C17H16BrO3P/c1-2-21-22(20,13-12-14-6-4-3-5-7-14)17(19)15-8-10-16(18)11-9-15/h3-11,17,19H,2H2,1H3/t17-,22+/m1/s1. The smallest absolute Gasteiger partial charge is 0.306 e. The molecule has 1 N–H and O–H groups in total. The van der Waals surface area contributed by atoms with Gasteiger partial charge in [0.15, 0.2) is 5.85 Å². The van der Waals surface area contributed by atoms with Gasteiger partial charge in [-0.1, -0.05) is 52.2 Å². The van der Waals surface area contributed by atoms with E-state index < -0.39 is 13.2 Å². The van der Waals surface area contributed by atoms with Crippen LogP contribution in [0.2, 0.25) is 0 Å². The highest BCUT2D eigenvalue weighted by Gasteiger charge is 2.32. The Morgan fingerprint density at radius 1 is 1.18 bits per heavy atom. The van der Waals surface area contributed by atoms with Crippen molar-refractivity contribution in [3.8, 4) is 11.6 Å². The van der Waals surface area contributed by atoms with Gasteiger partial charge in [-0.15, -0.1) is 0 Å².